The third kappa shape index (κ3) is 5.06. The zero-order valence-corrected chi connectivity index (χ0v) is 14.5. The minimum absolute atomic E-state index is 0.479. The summed E-state index contributed by atoms with van der Waals surface area (Å²) in [5.41, 5.74) is 2.09. The number of nitrogens with zero attached hydrogens (tertiary/aromatic N) is 3. The average Bonchev–Trinajstić information content (AvgIpc) is 2.65. The first-order chi connectivity index (χ1) is 12.2. The first kappa shape index (κ1) is 17.0. The molecule has 2 N–H and O–H groups in total. The van der Waals surface area contributed by atoms with E-state index in [1.165, 1.54) is 5.56 Å². The maximum atomic E-state index is 5.88. The fourth-order valence-electron chi connectivity index (χ4n) is 2.23. The largest absolute Gasteiger partial charge is 0.497 e. The Morgan fingerprint density at radius 3 is 2.52 bits per heavy atom. The van der Waals surface area contributed by atoms with Crippen LogP contribution in [0.15, 0.2) is 54.7 Å². The highest BCUT2D eigenvalue weighted by Gasteiger charge is 2.02. The van der Waals surface area contributed by atoms with Gasteiger partial charge in [0.1, 0.15) is 5.75 Å². The van der Waals surface area contributed by atoms with Gasteiger partial charge in [-0.1, -0.05) is 23.7 Å². The van der Waals surface area contributed by atoms with Crippen molar-refractivity contribution in [3.63, 3.8) is 0 Å². The van der Waals surface area contributed by atoms with Crippen molar-refractivity contribution in [2.75, 3.05) is 24.3 Å². The van der Waals surface area contributed by atoms with Gasteiger partial charge in [-0.05, 0) is 48.4 Å². The smallest absolute Gasteiger partial charge is 0.244 e. The molecule has 0 aliphatic heterocycles. The minimum atomic E-state index is 0.479. The number of ether oxygens (including phenoxy) is 1. The third-order valence-corrected chi connectivity index (χ3v) is 3.78. The highest BCUT2D eigenvalue weighted by atomic mass is 35.5. The van der Waals surface area contributed by atoms with Crippen LogP contribution in [-0.4, -0.2) is 28.8 Å². The molecule has 0 unspecified atom stereocenters. The Labute approximate surface area is 151 Å². The van der Waals surface area contributed by atoms with Crippen molar-refractivity contribution >= 4 is 29.1 Å². The Bertz CT molecular complexity index is 808. The van der Waals surface area contributed by atoms with Gasteiger partial charge in [-0.25, -0.2) is 0 Å². The van der Waals surface area contributed by atoms with Gasteiger partial charge in [0.15, 0.2) is 5.82 Å². The van der Waals surface area contributed by atoms with Gasteiger partial charge in [0.25, 0.3) is 0 Å². The molecule has 0 radical (unpaired) electrons. The van der Waals surface area contributed by atoms with E-state index in [2.05, 4.69) is 25.8 Å². The van der Waals surface area contributed by atoms with E-state index in [0.29, 0.717) is 23.3 Å². The molecule has 2 aromatic carbocycles. The summed E-state index contributed by atoms with van der Waals surface area (Å²) in [4.78, 5) is 4.40. The summed E-state index contributed by atoms with van der Waals surface area (Å²) in [5, 5.41) is 15.0. The van der Waals surface area contributed by atoms with Crippen LogP contribution >= 0.6 is 11.6 Å². The maximum Gasteiger partial charge on any atom is 0.244 e. The van der Waals surface area contributed by atoms with Gasteiger partial charge in [-0.2, -0.15) is 10.1 Å². The zero-order chi connectivity index (χ0) is 17.5. The first-order valence-electron chi connectivity index (χ1n) is 7.82. The maximum absolute atomic E-state index is 5.88. The van der Waals surface area contributed by atoms with Crippen molar-refractivity contribution in [1.29, 1.82) is 0 Å². The molecule has 25 heavy (non-hydrogen) atoms. The Morgan fingerprint density at radius 2 is 1.80 bits per heavy atom. The van der Waals surface area contributed by atoms with Crippen LogP contribution in [-0.2, 0) is 6.42 Å². The van der Waals surface area contributed by atoms with Crippen LogP contribution in [0.5, 0.6) is 5.75 Å². The number of halogens is 1. The number of hydrogen-bond donors (Lipinski definition) is 2. The molecule has 1 aromatic heterocycles. The predicted octanol–water partition coefficient (Wildman–Crippen LogP) is 3.93. The Hall–Kier alpha value is -2.86. The second-order valence-corrected chi connectivity index (χ2v) is 5.76. The highest BCUT2D eigenvalue weighted by molar-refractivity contribution is 6.30. The molecular formula is C18H18ClN5O. The van der Waals surface area contributed by atoms with Gasteiger partial charge in [0.2, 0.25) is 5.95 Å². The minimum Gasteiger partial charge on any atom is -0.497 e. The molecule has 0 fully saturated rings. The van der Waals surface area contributed by atoms with Crippen LogP contribution in [0, 0.1) is 0 Å². The van der Waals surface area contributed by atoms with E-state index in [1.807, 2.05) is 48.5 Å². The lowest BCUT2D eigenvalue weighted by molar-refractivity contribution is 0.414. The molecule has 0 aliphatic carbocycles. The van der Waals surface area contributed by atoms with Gasteiger partial charge in [0, 0.05) is 17.3 Å². The standard InChI is InChI=1S/C18H18ClN5O/c1-25-16-8-2-13(3-9-16)10-11-20-18-23-17(12-21-24-18)22-15-6-4-14(19)5-7-15/h2-9,12H,10-11H2,1H3,(H2,20,22,23,24). The van der Waals surface area contributed by atoms with E-state index in [1.54, 1.807) is 13.3 Å². The van der Waals surface area contributed by atoms with Gasteiger partial charge in [0.05, 0.1) is 13.3 Å². The van der Waals surface area contributed by atoms with Gasteiger partial charge >= 0.3 is 0 Å². The quantitative estimate of drug-likeness (QED) is 0.669. The fraction of sp³-hybridized carbons (Fsp3) is 0.167. The van der Waals surface area contributed by atoms with Crippen LogP contribution in [0.4, 0.5) is 17.5 Å². The second kappa shape index (κ2) is 8.30. The van der Waals surface area contributed by atoms with Crippen molar-refractivity contribution in [2.45, 2.75) is 6.42 Å². The van der Waals surface area contributed by atoms with Crippen LogP contribution in [0.1, 0.15) is 5.56 Å². The molecule has 7 heteroatoms. The molecule has 128 valence electrons. The number of rotatable bonds is 7. The summed E-state index contributed by atoms with van der Waals surface area (Å²) >= 11 is 5.88. The Morgan fingerprint density at radius 1 is 1.04 bits per heavy atom. The van der Waals surface area contributed by atoms with E-state index < -0.39 is 0 Å². The van der Waals surface area contributed by atoms with Crippen LogP contribution < -0.4 is 15.4 Å². The molecule has 0 saturated heterocycles. The summed E-state index contributed by atoms with van der Waals surface area (Å²) < 4.78 is 5.15. The van der Waals surface area contributed by atoms with Gasteiger partial charge < -0.3 is 15.4 Å². The SMILES string of the molecule is COc1ccc(CCNc2nncc(Nc3ccc(Cl)cc3)n2)cc1. The molecular weight excluding hydrogens is 338 g/mol. The average molecular weight is 356 g/mol. The van der Waals surface area contributed by atoms with Crippen molar-refractivity contribution in [3.8, 4) is 5.75 Å². The molecule has 0 aliphatic rings. The second-order valence-electron chi connectivity index (χ2n) is 5.32. The number of nitrogens with one attached hydrogen (secondary N) is 2. The Kier molecular flexibility index (Phi) is 5.64. The first-order valence-corrected chi connectivity index (χ1v) is 8.20. The summed E-state index contributed by atoms with van der Waals surface area (Å²) in [6.07, 6.45) is 2.42. The summed E-state index contributed by atoms with van der Waals surface area (Å²) in [6.45, 7) is 0.707. The van der Waals surface area contributed by atoms with Crippen molar-refractivity contribution in [2.24, 2.45) is 0 Å². The number of aromatic nitrogens is 3. The van der Waals surface area contributed by atoms with Gasteiger partial charge in [-0.3, -0.25) is 0 Å². The zero-order valence-electron chi connectivity index (χ0n) is 13.7. The monoisotopic (exact) mass is 355 g/mol. The molecule has 0 atom stereocenters. The van der Waals surface area contributed by atoms with E-state index in [4.69, 9.17) is 16.3 Å². The third-order valence-electron chi connectivity index (χ3n) is 3.53. The van der Waals surface area contributed by atoms with E-state index in [-0.39, 0.29) is 0 Å². The molecule has 3 rings (SSSR count). The summed E-state index contributed by atoms with van der Waals surface area (Å²) in [5.74, 6) is 1.95. The van der Waals surface area contributed by atoms with Crippen LogP contribution in [0.2, 0.25) is 5.02 Å². The lowest BCUT2D eigenvalue weighted by atomic mass is 10.1. The van der Waals surface area contributed by atoms with E-state index in [9.17, 15) is 0 Å². The Balaban J connectivity index is 1.55. The summed E-state index contributed by atoms with van der Waals surface area (Å²) in [6, 6.07) is 15.4. The number of benzene rings is 2. The number of hydrogen-bond acceptors (Lipinski definition) is 6. The molecule has 3 aromatic rings. The molecule has 0 spiro atoms. The number of anilines is 3. The van der Waals surface area contributed by atoms with Crippen molar-refractivity contribution in [3.05, 3.63) is 65.3 Å². The van der Waals surface area contributed by atoms with Crippen molar-refractivity contribution < 1.29 is 4.74 Å². The fourth-order valence-corrected chi connectivity index (χ4v) is 2.36. The molecule has 6 nitrogen and oxygen atoms in total. The van der Waals surface area contributed by atoms with E-state index in [0.717, 1.165) is 17.9 Å². The normalized spacial score (nSPS) is 10.3. The summed E-state index contributed by atoms with van der Waals surface area (Å²) in [7, 11) is 1.66. The highest BCUT2D eigenvalue weighted by Crippen LogP contribution is 2.17. The van der Waals surface area contributed by atoms with Crippen LogP contribution in [0.25, 0.3) is 0 Å². The molecule has 0 bridgehead atoms. The lowest BCUT2D eigenvalue weighted by Gasteiger charge is -2.08. The topological polar surface area (TPSA) is 72.0 Å². The van der Waals surface area contributed by atoms with Gasteiger partial charge in [-0.15, -0.1) is 5.10 Å². The van der Waals surface area contributed by atoms with Crippen molar-refractivity contribution in [1.82, 2.24) is 15.2 Å². The lowest BCUT2D eigenvalue weighted by Crippen LogP contribution is -2.09. The van der Waals surface area contributed by atoms with E-state index >= 15 is 0 Å². The number of methoxy groups -OCH3 is 1. The molecule has 0 amide bonds. The predicted molar refractivity (Wildman–Crippen MR) is 99.7 cm³/mol. The molecule has 1 heterocycles. The van der Waals surface area contributed by atoms with Crippen LogP contribution in [0.3, 0.4) is 0 Å². The molecule has 0 saturated carbocycles.